The zero-order valence-electron chi connectivity index (χ0n) is 7.09. The first kappa shape index (κ1) is 10.8. The van der Waals surface area contributed by atoms with Crippen LogP contribution in [0.4, 0.5) is 0 Å². The fraction of sp³-hybridized carbons (Fsp3) is 0.333. The van der Waals surface area contributed by atoms with Gasteiger partial charge < -0.3 is 10.2 Å². The lowest BCUT2D eigenvalue weighted by atomic mass is 9.97. The van der Waals surface area contributed by atoms with Crippen LogP contribution in [0.3, 0.4) is 0 Å². The molecule has 0 saturated heterocycles. The van der Waals surface area contributed by atoms with Gasteiger partial charge in [-0.25, -0.2) is 0 Å². The Morgan fingerprint density at radius 1 is 1.38 bits per heavy atom. The summed E-state index contributed by atoms with van der Waals surface area (Å²) in [6.45, 7) is 1.08. The lowest BCUT2D eigenvalue weighted by molar-refractivity contribution is -0.00218. The molecule has 0 fully saturated rings. The third-order valence-corrected chi connectivity index (χ3v) is 2.38. The third kappa shape index (κ3) is 2.35. The molecule has 0 aromatic heterocycles. The second kappa shape index (κ2) is 3.84. The highest BCUT2D eigenvalue weighted by Crippen LogP contribution is 2.29. The molecule has 0 spiro atoms. The van der Waals surface area contributed by atoms with Crippen LogP contribution in [-0.4, -0.2) is 16.8 Å². The molecule has 1 aromatic carbocycles. The summed E-state index contributed by atoms with van der Waals surface area (Å²) in [7, 11) is 0. The molecule has 1 unspecified atom stereocenters. The Morgan fingerprint density at radius 2 is 2.00 bits per heavy atom. The van der Waals surface area contributed by atoms with Crippen molar-refractivity contribution in [3.8, 4) is 0 Å². The Balaban J connectivity index is 3.20. The van der Waals surface area contributed by atoms with E-state index in [0.29, 0.717) is 15.6 Å². The first-order valence-corrected chi connectivity index (χ1v) is 4.52. The van der Waals surface area contributed by atoms with Crippen LogP contribution in [0.5, 0.6) is 0 Å². The van der Waals surface area contributed by atoms with Gasteiger partial charge in [0, 0.05) is 15.6 Å². The van der Waals surface area contributed by atoms with Crippen LogP contribution in [0.2, 0.25) is 10.0 Å². The van der Waals surface area contributed by atoms with E-state index in [9.17, 15) is 5.11 Å². The highest BCUT2D eigenvalue weighted by atomic mass is 35.5. The van der Waals surface area contributed by atoms with Gasteiger partial charge in [0.2, 0.25) is 0 Å². The molecular weight excluding hydrogens is 211 g/mol. The van der Waals surface area contributed by atoms with Crippen molar-refractivity contribution in [2.45, 2.75) is 12.5 Å². The molecular formula is C9H10Cl2O2. The quantitative estimate of drug-likeness (QED) is 0.803. The van der Waals surface area contributed by atoms with E-state index < -0.39 is 12.2 Å². The van der Waals surface area contributed by atoms with Gasteiger partial charge in [-0.2, -0.15) is 0 Å². The van der Waals surface area contributed by atoms with Crippen molar-refractivity contribution in [3.05, 3.63) is 33.8 Å². The Labute approximate surface area is 86.7 Å². The Bertz CT molecular complexity index is 310. The average Bonchev–Trinajstić information content (AvgIpc) is 2.09. The van der Waals surface area contributed by atoms with Gasteiger partial charge in [-0.1, -0.05) is 23.2 Å². The maximum Gasteiger partial charge on any atom is 0.111 e. The summed E-state index contributed by atoms with van der Waals surface area (Å²) < 4.78 is 0. The second-order valence-corrected chi connectivity index (χ2v) is 3.90. The fourth-order valence-corrected chi connectivity index (χ4v) is 1.49. The average molecular weight is 221 g/mol. The number of aliphatic hydroxyl groups is 2. The number of hydrogen-bond donors (Lipinski definition) is 2. The molecule has 0 heterocycles. The van der Waals surface area contributed by atoms with Crippen LogP contribution in [0.1, 0.15) is 12.5 Å². The van der Waals surface area contributed by atoms with E-state index >= 15 is 0 Å². The minimum atomic E-state index is -1.35. The normalized spacial score (nSPS) is 15.5. The minimum Gasteiger partial charge on any atom is -0.393 e. The Kier molecular flexibility index (Phi) is 3.19. The Morgan fingerprint density at radius 3 is 2.54 bits per heavy atom. The molecule has 0 aliphatic carbocycles. The van der Waals surface area contributed by atoms with Gasteiger partial charge in [-0.05, 0) is 25.1 Å². The summed E-state index contributed by atoms with van der Waals surface area (Å²) in [5.74, 6) is 0. The first-order valence-electron chi connectivity index (χ1n) is 3.76. The zero-order valence-corrected chi connectivity index (χ0v) is 8.60. The SMILES string of the molecule is CC(O)(CO)c1cc(Cl)ccc1Cl. The van der Waals surface area contributed by atoms with Crippen LogP contribution in [0, 0.1) is 0 Å². The zero-order chi connectivity index (χ0) is 10.1. The molecule has 13 heavy (non-hydrogen) atoms. The molecule has 0 saturated carbocycles. The minimum absolute atomic E-state index is 0.392. The van der Waals surface area contributed by atoms with Crippen molar-refractivity contribution in [2.24, 2.45) is 0 Å². The molecule has 1 aromatic rings. The van der Waals surface area contributed by atoms with Gasteiger partial charge in [-0.15, -0.1) is 0 Å². The van der Waals surface area contributed by atoms with Gasteiger partial charge in [0.1, 0.15) is 5.60 Å². The molecule has 0 aliphatic heterocycles. The summed E-state index contributed by atoms with van der Waals surface area (Å²) in [5.41, 5.74) is -0.911. The highest BCUT2D eigenvalue weighted by Gasteiger charge is 2.24. The van der Waals surface area contributed by atoms with E-state index in [2.05, 4.69) is 0 Å². The van der Waals surface area contributed by atoms with Crippen molar-refractivity contribution in [3.63, 3.8) is 0 Å². The van der Waals surface area contributed by atoms with Crippen molar-refractivity contribution in [1.29, 1.82) is 0 Å². The van der Waals surface area contributed by atoms with E-state index in [1.807, 2.05) is 0 Å². The fourth-order valence-electron chi connectivity index (χ4n) is 0.995. The predicted molar refractivity (Wildman–Crippen MR) is 53.1 cm³/mol. The summed E-state index contributed by atoms with van der Waals surface area (Å²) in [5, 5.41) is 19.5. The van der Waals surface area contributed by atoms with Gasteiger partial charge in [-0.3, -0.25) is 0 Å². The molecule has 0 radical (unpaired) electrons. The summed E-state index contributed by atoms with van der Waals surface area (Å²) in [4.78, 5) is 0. The van der Waals surface area contributed by atoms with E-state index in [-0.39, 0.29) is 0 Å². The standard InChI is InChI=1S/C9H10Cl2O2/c1-9(13,5-12)7-4-6(10)2-3-8(7)11/h2-4,12-13H,5H2,1H3. The molecule has 0 aliphatic rings. The smallest absolute Gasteiger partial charge is 0.111 e. The van der Waals surface area contributed by atoms with Gasteiger partial charge in [0.15, 0.2) is 0 Å². The molecule has 0 bridgehead atoms. The summed E-state index contributed by atoms with van der Waals surface area (Å²) in [6.07, 6.45) is 0. The topological polar surface area (TPSA) is 40.5 Å². The van der Waals surface area contributed by atoms with Crippen LogP contribution in [-0.2, 0) is 5.60 Å². The summed E-state index contributed by atoms with van der Waals surface area (Å²) >= 11 is 11.6. The van der Waals surface area contributed by atoms with Crippen molar-refractivity contribution < 1.29 is 10.2 Å². The molecule has 2 N–H and O–H groups in total. The molecule has 0 amide bonds. The first-order chi connectivity index (χ1) is 5.97. The molecule has 1 rings (SSSR count). The Hall–Kier alpha value is -0.280. The third-order valence-electron chi connectivity index (χ3n) is 1.82. The largest absolute Gasteiger partial charge is 0.393 e. The van der Waals surface area contributed by atoms with Crippen molar-refractivity contribution in [2.75, 3.05) is 6.61 Å². The lowest BCUT2D eigenvalue weighted by Crippen LogP contribution is -2.26. The van der Waals surface area contributed by atoms with Gasteiger partial charge in [0.05, 0.1) is 6.61 Å². The number of aliphatic hydroxyl groups excluding tert-OH is 1. The van der Waals surface area contributed by atoms with Crippen molar-refractivity contribution >= 4 is 23.2 Å². The number of halogens is 2. The maximum absolute atomic E-state index is 9.71. The van der Waals surface area contributed by atoms with Gasteiger partial charge in [0.25, 0.3) is 0 Å². The molecule has 72 valence electrons. The van der Waals surface area contributed by atoms with Crippen LogP contribution >= 0.6 is 23.2 Å². The van der Waals surface area contributed by atoms with Crippen molar-refractivity contribution in [1.82, 2.24) is 0 Å². The summed E-state index contributed by atoms with van der Waals surface area (Å²) in [6, 6.07) is 4.75. The number of benzene rings is 1. The van der Waals surface area contributed by atoms with E-state index in [1.54, 1.807) is 18.2 Å². The predicted octanol–water partition coefficient (Wildman–Crippen LogP) is 2.19. The maximum atomic E-state index is 9.71. The van der Waals surface area contributed by atoms with Gasteiger partial charge >= 0.3 is 0 Å². The van der Waals surface area contributed by atoms with E-state index in [1.165, 1.54) is 6.92 Å². The molecule has 4 heteroatoms. The second-order valence-electron chi connectivity index (χ2n) is 3.06. The lowest BCUT2D eigenvalue weighted by Gasteiger charge is -2.22. The van der Waals surface area contributed by atoms with Crippen LogP contribution in [0.25, 0.3) is 0 Å². The number of rotatable bonds is 2. The molecule has 2 nitrogen and oxygen atoms in total. The van der Waals surface area contributed by atoms with Crippen LogP contribution < -0.4 is 0 Å². The van der Waals surface area contributed by atoms with Crippen LogP contribution in [0.15, 0.2) is 18.2 Å². The highest BCUT2D eigenvalue weighted by molar-refractivity contribution is 6.33. The molecule has 1 atom stereocenters. The van der Waals surface area contributed by atoms with E-state index in [4.69, 9.17) is 28.3 Å². The number of hydrogen-bond acceptors (Lipinski definition) is 2. The van der Waals surface area contributed by atoms with E-state index in [0.717, 1.165) is 0 Å². The monoisotopic (exact) mass is 220 g/mol.